The van der Waals surface area contributed by atoms with Crippen LogP contribution >= 0.6 is 0 Å². The van der Waals surface area contributed by atoms with Gasteiger partial charge in [-0.2, -0.15) is 0 Å². The van der Waals surface area contributed by atoms with Gasteiger partial charge >= 0.3 is 5.97 Å². The zero-order valence-electron chi connectivity index (χ0n) is 10.2. The first-order valence-electron chi connectivity index (χ1n) is 5.28. The molecular weight excluding hydrogens is 230 g/mol. The molecule has 94 valence electrons. The molecule has 0 saturated carbocycles. The number of esters is 1. The smallest absolute Gasteiger partial charge is 0.337 e. The zero-order chi connectivity index (χ0) is 11.5. The number of ether oxygens (including phenoxy) is 2. The molecule has 0 spiro atoms. The van der Waals surface area contributed by atoms with Crippen LogP contribution in [-0.4, -0.2) is 50.0 Å². The number of rotatable bonds is 3. The van der Waals surface area contributed by atoms with Crippen molar-refractivity contribution < 1.29 is 31.2 Å². The van der Waals surface area contributed by atoms with E-state index in [9.17, 15) is 4.79 Å². The molecule has 0 N–H and O–H groups in total. The number of carbonyl (C=O) groups is 1. The van der Waals surface area contributed by atoms with Gasteiger partial charge in [0.2, 0.25) is 0 Å². The summed E-state index contributed by atoms with van der Waals surface area (Å²) in [6.45, 7) is 10.3. The van der Waals surface area contributed by atoms with Crippen molar-refractivity contribution in [1.29, 1.82) is 0 Å². The zero-order valence-corrected chi connectivity index (χ0v) is 10.9. The van der Waals surface area contributed by atoms with Crippen LogP contribution < -0.4 is 12.4 Å². The largest absolute Gasteiger partial charge is 1.00 e. The third-order valence-electron chi connectivity index (χ3n) is 3.02. The minimum atomic E-state index is -0.330. The van der Waals surface area contributed by atoms with E-state index in [1.54, 1.807) is 6.92 Å². The molecule has 1 aliphatic rings. The van der Waals surface area contributed by atoms with Gasteiger partial charge in [-0.25, -0.2) is 4.79 Å². The van der Waals surface area contributed by atoms with Crippen molar-refractivity contribution in [3.63, 3.8) is 0 Å². The van der Waals surface area contributed by atoms with Crippen molar-refractivity contribution in [2.75, 3.05) is 33.4 Å². The second-order valence-corrected chi connectivity index (χ2v) is 4.23. The Bertz CT molecular complexity index is 270. The molecule has 0 radical (unpaired) electrons. The lowest BCUT2D eigenvalue weighted by Crippen LogP contribution is -3.00. The van der Waals surface area contributed by atoms with Crippen LogP contribution in [0, 0.1) is 0 Å². The summed E-state index contributed by atoms with van der Waals surface area (Å²) in [5.74, 6) is -0.330. The number of quaternary nitrogens is 1. The van der Waals surface area contributed by atoms with Crippen LogP contribution in [0.1, 0.15) is 13.8 Å². The Morgan fingerprint density at radius 3 is 2.75 bits per heavy atom. The maximum absolute atomic E-state index is 11.4. The van der Waals surface area contributed by atoms with E-state index in [2.05, 4.69) is 20.6 Å². The van der Waals surface area contributed by atoms with Gasteiger partial charge in [-0.05, 0) is 13.8 Å². The van der Waals surface area contributed by atoms with Gasteiger partial charge in [0.05, 0.1) is 20.2 Å². The van der Waals surface area contributed by atoms with Crippen molar-refractivity contribution in [3.8, 4) is 0 Å². The minimum Gasteiger partial charge on any atom is -1.00 e. The average molecular weight is 250 g/mol. The lowest BCUT2D eigenvalue weighted by Gasteiger charge is -2.42. The van der Waals surface area contributed by atoms with Gasteiger partial charge in [0, 0.05) is 5.57 Å². The van der Waals surface area contributed by atoms with Crippen molar-refractivity contribution >= 4 is 5.97 Å². The SMILES string of the molecule is C=C(C)C(=O)OC1COCC[N+]1(C)CC.[Cl-]. The Hall–Kier alpha value is -0.580. The number of likely N-dealkylation sites (N-methyl/N-ethyl adjacent to an activating group) is 1. The molecule has 0 aromatic heterocycles. The van der Waals surface area contributed by atoms with Crippen molar-refractivity contribution in [3.05, 3.63) is 12.2 Å². The van der Waals surface area contributed by atoms with Crippen molar-refractivity contribution in [2.45, 2.75) is 20.1 Å². The van der Waals surface area contributed by atoms with Gasteiger partial charge in [-0.3, -0.25) is 4.48 Å². The first-order valence-corrected chi connectivity index (χ1v) is 5.28. The van der Waals surface area contributed by atoms with E-state index in [-0.39, 0.29) is 24.6 Å². The number of hydrogen-bond donors (Lipinski definition) is 0. The van der Waals surface area contributed by atoms with Crippen LogP contribution in [-0.2, 0) is 14.3 Å². The van der Waals surface area contributed by atoms with Gasteiger partial charge in [0.15, 0.2) is 0 Å². The molecule has 1 heterocycles. The quantitative estimate of drug-likeness (QED) is 0.328. The molecule has 0 bridgehead atoms. The van der Waals surface area contributed by atoms with Gasteiger partial charge in [-0.1, -0.05) is 6.58 Å². The summed E-state index contributed by atoms with van der Waals surface area (Å²) in [6.07, 6.45) is -0.201. The molecule has 1 fully saturated rings. The van der Waals surface area contributed by atoms with E-state index in [1.165, 1.54) is 0 Å². The molecule has 0 aliphatic carbocycles. The van der Waals surface area contributed by atoms with Crippen LogP contribution in [0.5, 0.6) is 0 Å². The second kappa shape index (κ2) is 6.23. The second-order valence-electron chi connectivity index (χ2n) is 4.23. The molecule has 4 nitrogen and oxygen atoms in total. The van der Waals surface area contributed by atoms with E-state index < -0.39 is 0 Å². The Balaban J connectivity index is 0.00000225. The number of halogens is 1. The minimum absolute atomic E-state index is 0. The predicted octanol–water partition coefficient (Wildman–Crippen LogP) is -2.07. The summed E-state index contributed by atoms with van der Waals surface area (Å²) < 4.78 is 11.4. The van der Waals surface area contributed by atoms with Gasteiger partial charge in [0.25, 0.3) is 6.23 Å². The summed E-state index contributed by atoms with van der Waals surface area (Å²) in [6, 6.07) is 0. The fourth-order valence-electron chi connectivity index (χ4n) is 1.53. The molecule has 1 saturated heterocycles. The average Bonchev–Trinajstić information content (AvgIpc) is 2.21. The summed E-state index contributed by atoms with van der Waals surface area (Å²) in [4.78, 5) is 11.4. The summed E-state index contributed by atoms with van der Waals surface area (Å²) in [7, 11) is 2.08. The molecule has 2 unspecified atom stereocenters. The van der Waals surface area contributed by atoms with E-state index >= 15 is 0 Å². The summed E-state index contributed by atoms with van der Waals surface area (Å²) >= 11 is 0. The van der Waals surface area contributed by atoms with Gasteiger partial charge in [0.1, 0.15) is 13.2 Å². The third-order valence-corrected chi connectivity index (χ3v) is 3.02. The number of hydrogen-bond acceptors (Lipinski definition) is 3. The van der Waals surface area contributed by atoms with E-state index in [0.29, 0.717) is 12.2 Å². The highest BCUT2D eigenvalue weighted by Crippen LogP contribution is 2.17. The van der Waals surface area contributed by atoms with Crippen LogP contribution in [0.2, 0.25) is 0 Å². The molecule has 0 aromatic carbocycles. The number of carbonyl (C=O) groups excluding carboxylic acids is 1. The van der Waals surface area contributed by atoms with E-state index in [4.69, 9.17) is 9.47 Å². The van der Waals surface area contributed by atoms with Crippen molar-refractivity contribution in [2.24, 2.45) is 0 Å². The highest BCUT2D eigenvalue weighted by Gasteiger charge is 2.37. The van der Waals surface area contributed by atoms with Crippen LogP contribution in [0.3, 0.4) is 0 Å². The third kappa shape index (κ3) is 3.47. The predicted molar refractivity (Wildman–Crippen MR) is 57.1 cm³/mol. The normalized spacial score (nSPS) is 29.1. The monoisotopic (exact) mass is 249 g/mol. The number of nitrogens with zero attached hydrogens (tertiary/aromatic N) is 1. The highest BCUT2D eigenvalue weighted by molar-refractivity contribution is 5.87. The van der Waals surface area contributed by atoms with Crippen LogP contribution in [0.15, 0.2) is 12.2 Å². The molecule has 2 atom stereocenters. The molecule has 16 heavy (non-hydrogen) atoms. The van der Waals surface area contributed by atoms with Gasteiger partial charge in [-0.15, -0.1) is 0 Å². The Morgan fingerprint density at radius 1 is 1.62 bits per heavy atom. The standard InChI is InChI=1S/C11H20NO3.ClH/c1-5-12(4)6-7-14-8-10(12)15-11(13)9(2)3;/h10H,2,5-8H2,1,3-4H3;1H/q+1;/p-1. The topological polar surface area (TPSA) is 35.5 Å². The Morgan fingerprint density at radius 2 is 2.25 bits per heavy atom. The lowest BCUT2D eigenvalue weighted by atomic mass is 10.3. The van der Waals surface area contributed by atoms with Crippen LogP contribution in [0.25, 0.3) is 0 Å². The maximum Gasteiger partial charge on any atom is 0.337 e. The Labute approximate surface area is 103 Å². The lowest BCUT2D eigenvalue weighted by molar-refractivity contribution is -0.958. The molecule has 0 amide bonds. The molecule has 1 rings (SSSR count). The summed E-state index contributed by atoms with van der Waals surface area (Å²) in [5, 5.41) is 0. The fraction of sp³-hybridized carbons (Fsp3) is 0.727. The first-order chi connectivity index (χ1) is 6.99. The van der Waals surface area contributed by atoms with Crippen LogP contribution in [0.4, 0.5) is 0 Å². The molecular formula is C11H20ClNO3. The van der Waals surface area contributed by atoms with Gasteiger partial charge < -0.3 is 21.9 Å². The fourth-order valence-corrected chi connectivity index (χ4v) is 1.53. The number of morpholine rings is 1. The first kappa shape index (κ1) is 15.4. The highest BCUT2D eigenvalue weighted by atomic mass is 35.5. The maximum atomic E-state index is 11.4. The van der Waals surface area contributed by atoms with Crippen molar-refractivity contribution in [1.82, 2.24) is 0 Å². The molecule has 1 aliphatic heterocycles. The molecule has 5 heteroatoms. The summed E-state index contributed by atoms with van der Waals surface area (Å²) in [5.41, 5.74) is 0.434. The van der Waals surface area contributed by atoms with E-state index in [1.807, 2.05) is 0 Å². The molecule has 0 aromatic rings. The van der Waals surface area contributed by atoms with E-state index in [0.717, 1.165) is 24.2 Å². The Kier molecular flexibility index (Phi) is 6.00.